The molecule has 15 nitrogen and oxygen atoms in total. The van der Waals surface area contributed by atoms with Gasteiger partial charge in [-0.15, -0.1) is 0 Å². The topological polar surface area (TPSA) is 262 Å². The number of rotatable bonds is 19. The van der Waals surface area contributed by atoms with Crippen molar-refractivity contribution in [1.29, 1.82) is 0 Å². The maximum Gasteiger partial charge on any atom is 0.327 e. The number of para-hydroxylation sites is 1. The Hall–Kier alpha value is -4.64. The lowest BCUT2D eigenvalue weighted by molar-refractivity contribution is -0.141. The summed E-state index contributed by atoms with van der Waals surface area (Å²) in [6.07, 6.45) is 1.56. The van der Waals surface area contributed by atoms with Crippen molar-refractivity contribution in [3.8, 4) is 5.75 Å². The predicted octanol–water partition coefficient (Wildman–Crippen LogP) is -0.551. The standard InChI is InChI=1S/C33H45N7O8S/c1-18(41)28(32(46)38-26(14-19-9-11-21(42)12-10-19)31(45)39-27(17-49)33(47)48)40-30(44)25(8-4-5-13-34)37-29(43)23(35)15-20-16-36-24-7-3-2-6-22(20)24/h2-3,6-7,9-12,16,18,23,25-28,36,41-42,49H,4-5,8,13-15,17,34-35H2,1H3,(H,37,43)(H,38,46)(H,39,45)(H,40,44)(H,47,48)/t18-,23-,25+,26+,27+,28+/m1/s1. The Labute approximate surface area is 289 Å². The Morgan fingerprint density at radius 3 is 2.10 bits per heavy atom. The van der Waals surface area contributed by atoms with E-state index in [1.807, 2.05) is 24.3 Å². The summed E-state index contributed by atoms with van der Waals surface area (Å²) in [4.78, 5) is 68.1. The minimum Gasteiger partial charge on any atom is -0.508 e. The van der Waals surface area contributed by atoms with Crippen molar-refractivity contribution < 1.29 is 39.3 Å². The minimum atomic E-state index is -1.57. The van der Waals surface area contributed by atoms with E-state index in [-0.39, 0.29) is 30.8 Å². The summed E-state index contributed by atoms with van der Waals surface area (Å²) in [6.45, 7) is 1.61. The van der Waals surface area contributed by atoms with Crippen molar-refractivity contribution in [3.63, 3.8) is 0 Å². The smallest absolute Gasteiger partial charge is 0.327 e. The van der Waals surface area contributed by atoms with E-state index in [2.05, 4.69) is 38.9 Å². The number of amides is 4. The molecule has 0 aliphatic carbocycles. The molecule has 0 spiro atoms. The van der Waals surface area contributed by atoms with Crippen LogP contribution < -0.4 is 32.7 Å². The van der Waals surface area contributed by atoms with Crippen LogP contribution in [0.5, 0.6) is 5.75 Å². The van der Waals surface area contributed by atoms with Crippen LogP contribution in [0.25, 0.3) is 10.9 Å². The minimum absolute atomic E-state index is 0.0290. The number of nitrogens with one attached hydrogen (secondary N) is 5. The number of aliphatic hydroxyl groups excluding tert-OH is 1. The number of phenols is 1. The van der Waals surface area contributed by atoms with E-state index in [0.717, 1.165) is 16.5 Å². The van der Waals surface area contributed by atoms with Gasteiger partial charge in [-0.05, 0) is 68.5 Å². The molecule has 0 fully saturated rings. The average Bonchev–Trinajstić information content (AvgIpc) is 3.48. The summed E-state index contributed by atoms with van der Waals surface area (Å²) in [5, 5.41) is 40.4. The number of fused-ring (bicyclic) bond motifs is 1. The number of hydrogen-bond donors (Lipinski definition) is 11. The van der Waals surface area contributed by atoms with E-state index in [1.165, 1.54) is 31.2 Å². The number of carbonyl (C=O) groups is 5. The highest BCUT2D eigenvalue weighted by atomic mass is 32.1. The number of phenolic OH excluding ortho intramolecular Hbond substituents is 1. The molecule has 16 heteroatoms. The molecule has 49 heavy (non-hydrogen) atoms. The Morgan fingerprint density at radius 2 is 1.47 bits per heavy atom. The number of aromatic hydroxyl groups is 1. The first-order chi connectivity index (χ1) is 23.3. The number of aromatic amines is 1. The number of unbranched alkanes of at least 4 members (excludes halogenated alkanes) is 1. The average molecular weight is 700 g/mol. The zero-order chi connectivity index (χ0) is 36.1. The molecule has 0 bridgehead atoms. The number of carboxylic acids is 1. The van der Waals surface area contributed by atoms with Gasteiger partial charge in [-0.25, -0.2) is 4.79 Å². The van der Waals surface area contributed by atoms with E-state index >= 15 is 0 Å². The molecule has 0 aliphatic rings. The lowest BCUT2D eigenvalue weighted by Crippen LogP contribution is -2.61. The lowest BCUT2D eigenvalue weighted by atomic mass is 10.0. The molecular weight excluding hydrogens is 654 g/mol. The Kier molecular flexibility index (Phi) is 14.9. The molecule has 3 aromatic rings. The van der Waals surface area contributed by atoms with Gasteiger partial charge in [0.25, 0.3) is 0 Å². The van der Waals surface area contributed by atoms with Gasteiger partial charge in [0, 0.05) is 29.3 Å². The van der Waals surface area contributed by atoms with E-state index in [4.69, 9.17) is 11.5 Å². The number of H-pyrrole nitrogens is 1. The molecule has 4 amide bonds. The van der Waals surface area contributed by atoms with Crippen LogP contribution in [0.15, 0.2) is 54.7 Å². The highest BCUT2D eigenvalue weighted by Crippen LogP contribution is 2.19. The normalized spacial score (nSPS) is 14.9. The third kappa shape index (κ3) is 11.5. The number of aliphatic hydroxyl groups is 1. The van der Waals surface area contributed by atoms with Crippen LogP contribution in [-0.4, -0.2) is 98.5 Å². The Bertz CT molecular complexity index is 1580. The maximum absolute atomic E-state index is 13.5. The zero-order valence-corrected chi connectivity index (χ0v) is 28.0. The van der Waals surface area contributed by atoms with Crippen molar-refractivity contribution in [1.82, 2.24) is 26.3 Å². The molecule has 0 saturated heterocycles. The fourth-order valence-corrected chi connectivity index (χ4v) is 5.37. The van der Waals surface area contributed by atoms with Crippen molar-refractivity contribution >= 4 is 53.1 Å². The summed E-state index contributed by atoms with van der Waals surface area (Å²) in [5.41, 5.74) is 14.1. The number of benzene rings is 2. The molecule has 1 heterocycles. The third-order valence-corrected chi connectivity index (χ3v) is 8.27. The number of aliphatic carboxylic acids is 1. The van der Waals surface area contributed by atoms with Crippen LogP contribution in [0.1, 0.15) is 37.3 Å². The predicted molar refractivity (Wildman–Crippen MR) is 186 cm³/mol. The first kappa shape index (κ1) is 38.8. The van der Waals surface area contributed by atoms with Crippen molar-refractivity contribution in [2.45, 2.75) is 75.3 Å². The molecule has 12 N–H and O–H groups in total. The van der Waals surface area contributed by atoms with Gasteiger partial charge in [0.05, 0.1) is 12.1 Å². The van der Waals surface area contributed by atoms with Crippen LogP contribution in [-0.2, 0) is 36.8 Å². The lowest BCUT2D eigenvalue weighted by Gasteiger charge is -2.27. The number of nitrogens with two attached hydrogens (primary N) is 2. The van der Waals surface area contributed by atoms with Gasteiger partial charge in [-0.1, -0.05) is 30.3 Å². The maximum atomic E-state index is 13.5. The molecule has 2 aromatic carbocycles. The van der Waals surface area contributed by atoms with E-state index in [1.54, 1.807) is 6.20 Å². The van der Waals surface area contributed by atoms with Crippen molar-refractivity contribution in [3.05, 3.63) is 65.9 Å². The van der Waals surface area contributed by atoms with E-state index < -0.39 is 65.9 Å². The van der Waals surface area contributed by atoms with Crippen LogP contribution >= 0.6 is 12.6 Å². The second-order valence-corrected chi connectivity index (χ2v) is 12.1. The number of thiol groups is 1. The van der Waals surface area contributed by atoms with Gasteiger partial charge < -0.3 is 53.0 Å². The van der Waals surface area contributed by atoms with Gasteiger partial charge in [0.1, 0.15) is 29.9 Å². The van der Waals surface area contributed by atoms with Gasteiger partial charge >= 0.3 is 5.97 Å². The number of carbonyl (C=O) groups excluding carboxylic acids is 4. The first-order valence-corrected chi connectivity index (χ1v) is 16.5. The molecular formula is C33H45N7O8S. The third-order valence-electron chi connectivity index (χ3n) is 7.90. The molecule has 0 radical (unpaired) electrons. The van der Waals surface area contributed by atoms with Crippen LogP contribution in [0.3, 0.4) is 0 Å². The molecule has 0 unspecified atom stereocenters. The van der Waals surface area contributed by atoms with Gasteiger partial charge in [0.2, 0.25) is 23.6 Å². The second kappa shape index (κ2) is 18.8. The second-order valence-electron chi connectivity index (χ2n) is 11.8. The quantitative estimate of drug-likeness (QED) is 0.0562. The van der Waals surface area contributed by atoms with Crippen LogP contribution in [0.4, 0.5) is 0 Å². The van der Waals surface area contributed by atoms with Gasteiger partial charge in [-0.3, -0.25) is 19.2 Å². The van der Waals surface area contributed by atoms with Crippen LogP contribution in [0.2, 0.25) is 0 Å². The number of aromatic nitrogens is 1. The van der Waals surface area contributed by atoms with Crippen molar-refractivity contribution in [2.24, 2.45) is 11.5 Å². The van der Waals surface area contributed by atoms with Crippen molar-refractivity contribution in [2.75, 3.05) is 12.3 Å². The summed E-state index contributed by atoms with van der Waals surface area (Å²) in [6, 6.07) is 6.91. The van der Waals surface area contributed by atoms with Crippen LogP contribution in [0, 0.1) is 0 Å². The SMILES string of the molecule is C[C@@H](O)[C@H](NC(=O)[C@H](CCCCN)NC(=O)[C@H](N)Cc1c[nH]c2ccccc12)C(=O)N[C@@H](Cc1ccc(O)cc1)C(=O)N[C@@H](CS)C(=O)O. The molecule has 3 rings (SSSR count). The fourth-order valence-electron chi connectivity index (χ4n) is 5.13. The molecule has 0 saturated carbocycles. The molecule has 6 atom stereocenters. The van der Waals surface area contributed by atoms with E-state index in [0.29, 0.717) is 24.9 Å². The highest BCUT2D eigenvalue weighted by Gasteiger charge is 2.34. The Balaban J connectivity index is 1.76. The highest BCUT2D eigenvalue weighted by molar-refractivity contribution is 7.80. The number of hydrogen-bond acceptors (Lipinski definition) is 10. The fraction of sp³-hybridized carbons (Fsp3) is 0.424. The van der Waals surface area contributed by atoms with Gasteiger partial charge in [0.15, 0.2) is 0 Å². The summed E-state index contributed by atoms with van der Waals surface area (Å²) < 4.78 is 0. The first-order valence-electron chi connectivity index (χ1n) is 15.9. The summed E-state index contributed by atoms with van der Waals surface area (Å²) >= 11 is 3.96. The largest absolute Gasteiger partial charge is 0.508 e. The summed E-state index contributed by atoms with van der Waals surface area (Å²) in [5.74, 6) is -4.76. The van der Waals surface area contributed by atoms with E-state index in [9.17, 15) is 39.3 Å². The number of carboxylic acid groups (broad SMARTS) is 1. The summed E-state index contributed by atoms with van der Waals surface area (Å²) in [7, 11) is 0. The molecule has 266 valence electrons. The molecule has 1 aromatic heterocycles. The molecule has 0 aliphatic heterocycles. The monoisotopic (exact) mass is 699 g/mol. The Morgan fingerprint density at radius 1 is 0.837 bits per heavy atom. The zero-order valence-electron chi connectivity index (χ0n) is 27.1. The van der Waals surface area contributed by atoms with Gasteiger partial charge in [-0.2, -0.15) is 12.6 Å².